The molecule has 6 heteroatoms. The molecule has 0 aromatic rings. The average Bonchev–Trinajstić information content (AvgIpc) is 2.61. The molecule has 21 heavy (non-hydrogen) atoms. The van der Waals surface area contributed by atoms with Gasteiger partial charge in [0.2, 0.25) is 0 Å². The van der Waals surface area contributed by atoms with E-state index in [0.717, 1.165) is 25.8 Å². The zero-order valence-corrected chi connectivity index (χ0v) is 13.1. The fraction of sp³-hybridized carbons (Fsp3) is 0.867. The van der Waals surface area contributed by atoms with Crippen molar-refractivity contribution in [1.29, 1.82) is 0 Å². The summed E-state index contributed by atoms with van der Waals surface area (Å²) >= 11 is 0. The van der Waals surface area contributed by atoms with Crippen LogP contribution in [0.5, 0.6) is 0 Å². The Morgan fingerprint density at radius 1 is 1.19 bits per heavy atom. The maximum atomic E-state index is 12.4. The van der Waals surface area contributed by atoms with Gasteiger partial charge >= 0.3 is 12.0 Å². The van der Waals surface area contributed by atoms with Gasteiger partial charge < -0.3 is 15.3 Å². The van der Waals surface area contributed by atoms with Gasteiger partial charge in [-0.3, -0.25) is 9.69 Å². The molecule has 0 aromatic carbocycles. The first-order valence-corrected chi connectivity index (χ1v) is 7.88. The molecule has 2 N–H and O–H groups in total. The predicted octanol–water partition coefficient (Wildman–Crippen LogP) is 1.37. The number of carboxylic acids is 1. The molecule has 120 valence electrons. The first-order chi connectivity index (χ1) is 9.88. The van der Waals surface area contributed by atoms with Gasteiger partial charge in [-0.2, -0.15) is 0 Å². The summed E-state index contributed by atoms with van der Waals surface area (Å²) in [7, 11) is 0. The topological polar surface area (TPSA) is 72.9 Å². The fourth-order valence-corrected chi connectivity index (χ4v) is 3.36. The van der Waals surface area contributed by atoms with Gasteiger partial charge in [-0.05, 0) is 24.7 Å². The maximum absolute atomic E-state index is 12.4. The molecule has 1 aliphatic carbocycles. The SMILES string of the molecule is CC1(C)CCCC1NC(=O)N1CCCN(CC(=O)O)CC1. The Morgan fingerprint density at radius 3 is 2.57 bits per heavy atom. The average molecular weight is 297 g/mol. The number of hydrogen-bond donors (Lipinski definition) is 2. The number of hydrogen-bond acceptors (Lipinski definition) is 3. The minimum Gasteiger partial charge on any atom is -0.480 e. The minimum atomic E-state index is -0.805. The zero-order valence-electron chi connectivity index (χ0n) is 13.1. The zero-order chi connectivity index (χ0) is 15.5. The third-order valence-corrected chi connectivity index (χ3v) is 4.79. The van der Waals surface area contributed by atoms with E-state index < -0.39 is 5.97 Å². The van der Waals surface area contributed by atoms with Gasteiger partial charge in [0, 0.05) is 32.2 Å². The van der Waals surface area contributed by atoms with E-state index in [4.69, 9.17) is 5.11 Å². The van der Waals surface area contributed by atoms with Crippen molar-refractivity contribution >= 4 is 12.0 Å². The largest absolute Gasteiger partial charge is 0.480 e. The van der Waals surface area contributed by atoms with Crippen LogP contribution < -0.4 is 5.32 Å². The van der Waals surface area contributed by atoms with Crippen LogP contribution in [0.25, 0.3) is 0 Å². The van der Waals surface area contributed by atoms with Gasteiger partial charge in [0.1, 0.15) is 0 Å². The first kappa shape index (κ1) is 16.1. The Morgan fingerprint density at radius 2 is 1.95 bits per heavy atom. The Bertz CT molecular complexity index is 398. The van der Waals surface area contributed by atoms with E-state index in [1.807, 2.05) is 9.80 Å². The summed E-state index contributed by atoms with van der Waals surface area (Å²) in [5.41, 5.74) is 0.177. The monoisotopic (exact) mass is 297 g/mol. The number of carboxylic acid groups (broad SMARTS) is 1. The molecule has 1 unspecified atom stereocenters. The summed E-state index contributed by atoms with van der Waals surface area (Å²) in [6.07, 6.45) is 4.21. The molecule has 1 heterocycles. The van der Waals surface area contributed by atoms with Crippen molar-refractivity contribution in [2.24, 2.45) is 5.41 Å². The highest BCUT2D eigenvalue weighted by atomic mass is 16.4. The molecule has 2 fully saturated rings. The molecular formula is C15H27N3O3. The molecule has 1 atom stereocenters. The summed E-state index contributed by atoms with van der Waals surface area (Å²) in [6, 6.07) is 0.260. The highest BCUT2D eigenvalue weighted by Crippen LogP contribution is 2.37. The fourth-order valence-electron chi connectivity index (χ4n) is 3.36. The number of nitrogens with zero attached hydrogens (tertiary/aromatic N) is 2. The molecule has 2 amide bonds. The van der Waals surface area contributed by atoms with Gasteiger partial charge in [0.05, 0.1) is 6.54 Å². The summed E-state index contributed by atoms with van der Waals surface area (Å²) in [5.74, 6) is -0.805. The number of aliphatic carboxylic acids is 1. The van der Waals surface area contributed by atoms with Crippen LogP contribution in [0.3, 0.4) is 0 Å². The number of nitrogens with one attached hydrogen (secondary N) is 1. The Balaban J connectivity index is 1.84. The Kier molecular flexibility index (Phi) is 5.08. The van der Waals surface area contributed by atoms with Crippen LogP contribution in [0.1, 0.15) is 39.5 Å². The molecule has 0 bridgehead atoms. The van der Waals surface area contributed by atoms with E-state index >= 15 is 0 Å². The van der Waals surface area contributed by atoms with Crippen LogP contribution in [0.2, 0.25) is 0 Å². The normalized spacial score (nSPS) is 26.4. The summed E-state index contributed by atoms with van der Waals surface area (Å²) in [5, 5.41) is 12.0. The standard InChI is InChI=1S/C15H27N3O3/c1-15(2)6-3-5-12(15)16-14(21)18-8-4-7-17(9-10-18)11-13(19)20/h12H,3-11H2,1-2H3,(H,16,21)(H,19,20). The predicted molar refractivity (Wildman–Crippen MR) is 80.2 cm³/mol. The van der Waals surface area contributed by atoms with Gasteiger partial charge in [-0.15, -0.1) is 0 Å². The van der Waals surface area contributed by atoms with Gasteiger partial charge in [-0.25, -0.2) is 4.79 Å². The number of urea groups is 1. The highest BCUT2D eigenvalue weighted by molar-refractivity contribution is 5.74. The minimum absolute atomic E-state index is 0.00662. The second-order valence-electron chi connectivity index (χ2n) is 6.89. The van der Waals surface area contributed by atoms with Crippen molar-refractivity contribution in [1.82, 2.24) is 15.1 Å². The van der Waals surface area contributed by atoms with E-state index in [-0.39, 0.29) is 24.0 Å². The van der Waals surface area contributed by atoms with Gasteiger partial charge in [0.15, 0.2) is 0 Å². The van der Waals surface area contributed by atoms with Gasteiger partial charge in [-0.1, -0.05) is 20.3 Å². The number of carbonyl (C=O) groups is 2. The number of carbonyl (C=O) groups excluding carboxylic acids is 1. The van der Waals surface area contributed by atoms with E-state index in [2.05, 4.69) is 19.2 Å². The van der Waals surface area contributed by atoms with Crippen LogP contribution in [-0.2, 0) is 4.79 Å². The molecule has 2 aliphatic rings. The van der Waals surface area contributed by atoms with Crippen molar-refractivity contribution in [3.63, 3.8) is 0 Å². The lowest BCUT2D eigenvalue weighted by Crippen LogP contribution is -2.49. The second-order valence-corrected chi connectivity index (χ2v) is 6.89. The summed E-state index contributed by atoms with van der Waals surface area (Å²) < 4.78 is 0. The van der Waals surface area contributed by atoms with Crippen molar-refractivity contribution in [2.75, 3.05) is 32.7 Å². The lowest BCUT2D eigenvalue weighted by Gasteiger charge is -2.30. The Hall–Kier alpha value is -1.30. The molecule has 0 spiro atoms. The van der Waals surface area contributed by atoms with E-state index in [1.165, 1.54) is 6.42 Å². The van der Waals surface area contributed by atoms with Crippen LogP contribution in [0.15, 0.2) is 0 Å². The molecule has 1 saturated carbocycles. The highest BCUT2D eigenvalue weighted by Gasteiger charge is 2.36. The molecule has 1 saturated heterocycles. The van der Waals surface area contributed by atoms with Crippen molar-refractivity contribution in [3.8, 4) is 0 Å². The maximum Gasteiger partial charge on any atom is 0.317 e. The van der Waals surface area contributed by atoms with E-state index in [9.17, 15) is 9.59 Å². The first-order valence-electron chi connectivity index (χ1n) is 7.88. The molecule has 0 radical (unpaired) electrons. The molecule has 6 nitrogen and oxygen atoms in total. The summed E-state index contributed by atoms with van der Waals surface area (Å²) in [6.45, 7) is 7.16. The van der Waals surface area contributed by atoms with Crippen molar-refractivity contribution in [3.05, 3.63) is 0 Å². The third-order valence-electron chi connectivity index (χ3n) is 4.79. The lowest BCUT2D eigenvalue weighted by atomic mass is 9.87. The summed E-state index contributed by atoms with van der Waals surface area (Å²) in [4.78, 5) is 26.9. The number of rotatable bonds is 3. The molecule has 0 aromatic heterocycles. The van der Waals surface area contributed by atoms with Crippen molar-refractivity contribution < 1.29 is 14.7 Å². The van der Waals surface area contributed by atoms with Crippen LogP contribution >= 0.6 is 0 Å². The lowest BCUT2D eigenvalue weighted by molar-refractivity contribution is -0.138. The van der Waals surface area contributed by atoms with Crippen LogP contribution in [0, 0.1) is 5.41 Å². The van der Waals surface area contributed by atoms with Crippen LogP contribution in [-0.4, -0.2) is 65.7 Å². The molecule has 2 rings (SSSR count). The van der Waals surface area contributed by atoms with Gasteiger partial charge in [0.25, 0.3) is 0 Å². The smallest absolute Gasteiger partial charge is 0.317 e. The second kappa shape index (κ2) is 6.64. The Labute approximate surface area is 126 Å². The molecule has 1 aliphatic heterocycles. The van der Waals surface area contributed by atoms with E-state index in [0.29, 0.717) is 19.6 Å². The van der Waals surface area contributed by atoms with E-state index in [1.54, 1.807) is 0 Å². The molecular weight excluding hydrogens is 270 g/mol. The van der Waals surface area contributed by atoms with Crippen molar-refractivity contribution in [2.45, 2.75) is 45.6 Å². The third kappa shape index (κ3) is 4.33. The quantitative estimate of drug-likeness (QED) is 0.825. The van der Waals surface area contributed by atoms with Crippen LogP contribution in [0.4, 0.5) is 4.79 Å². The number of amides is 2.